The minimum absolute atomic E-state index is 0.199. The number of methoxy groups -OCH3 is 2. The fourth-order valence-electron chi connectivity index (χ4n) is 4.69. The third-order valence-electron chi connectivity index (χ3n) is 6.84. The zero-order valence-corrected chi connectivity index (χ0v) is 22.7. The van der Waals surface area contributed by atoms with E-state index < -0.39 is 0 Å². The molecule has 208 valence electrons. The van der Waals surface area contributed by atoms with Crippen molar-refractivity contribution in [2.45, 2.75) is 51.6 Å². The Labute approximate surface area is 232 Å². The summed E-state index contributed by atoms with van der Waals surface area (Å²) in [6.45, 7) is 0.996. The average molecular weight is 545 g/mol. The molecule has 0 spiro atoms. The van der Waals surface area contributed by atoms with Crippen LogP contribution in [0, 0.1) is 0 Å². The van der Waals surface area contributed by atoms with Crippen molar-refractivity contribution in [1.82, 2.24) is 19.6 Å². The van der Waals surface area contributed by atoms with Crippen LogP contribution in [0.25, 0.3) is 0 Å². The lowest BCUT2D eigenvalue weighted by atomic mass is 10.1. The summed E-state index contributed by atoms with van der Waals surface area (Å²) < 4.78 is 25.6. The van der Waals surface area contributed by atoms with Crippen molar-refractivity contribution >= 4 is 11.9 Å². The highest BCUT2D eigenvalue weighted by Gasteiger charge is 2.20. The number of fused-ring (bicyclic) bond motifs is 2. The number of ether oxygens (including phenoxy) is 4. The van der Waals surface area contributed by atoms with Crippen molar-refractivity contribution in [2.24, 2.45) is 0 Å². The van der Waals surface area contributed by atoms with Gasteiger partial charge in [0.25, 0.3) is 0 Å². The molecule has 10 heteroatoms. The van der Waals surface area contributed by atoms with Crippen LogP contribution in [0.15, 0.2) is 60.9 Å². The predicted molar refractivity (Wildman–Crippen MR) is 146 cm³/mol. The van der Waals surface area contributed by atoms with E-state index in [9.17, 15) is 9.59 Å². The largest absolute Gasteiger partial charge is 0.497 e. The maximum absolute atomic E-state index is 12.8. The second-order valence-corrected chi connectivity index (χ2v) is 9.58. The summed E-state index contributed by atoms with van der Waals surface area (Å²) in [5.41, 5.74) is 3.58. The molecule has 1 aliphatic heterocycles. The molecule has 0 amide bonds. The normalized spacial score (nSPS) is 14.3. The number of benzene rings is 2. The second-order valence-electron chi connectivity index (χ2n) is 9.58. The van der Waals surface area contributed by atoms with E-state index >= 15 is 0 Å². The SMILES string of the molecule is COc1ccc(Cn2ncc3c2CCCC(=O)Oc2cnn(Cc4ccc(OC)cc4)c2CCCC(=O)O3)cc1. The van der Waals surface area contributed by atoms with Gasteiger partial charge in [-0.3, -0.25) is 19.0 Å². The van der Waals surface area contributed by atoms with Crippen LogP contribution in [-0.2, 0) is 35.5 Å². The number of hydrogen-bond donors (Lipinski definition) is 0. The monoisotopic (exact) mass is 544 g/mol. The van der Waals surface area contributed by atoms with Gasteiger partial charge in [0.1, 0.15) is 11.5 Å². The molecule has 0 saturated carbocycles. The molecule has 4 aromatic rings. The average Bonchev–Trinajstić information content (AvgIpc) is 3.52. The minimum Gasteiger partial charge on any atom is -0.497 e. The van der Waals surface area contributed by atoms with Crippen LogP contribution in [0.3, 0.4) is 0 Å². The summed E-state index contributed by atoms with van der Waals surface area (Å²) in [6, 6.07) is 15.4. The van der Waals surface area contributed by atoms with E-state index in [0.717, 1.165) is 34.0 Å². The van der Waals surface area contributed by atoms with Gasteiger partial charge in [-0.05, 0) is 61.1 Å². The van der Waals surface area contributed by atoms with Crippen LogP contribution >= 0.6 is 0 Å². The van der Waals surface area contributed by atoms with Gasteiger partial charge in [-0.1, -0.05) is 24.3 Å². The summed E-state index contributed by atoms with van der Waals surface area (Å²) in [5.74, 6) is 1.73. The maximum atomic E-state index is 12.8. The fourth-order valence-corrected chi connectivity index (χ4v) is 4.69. The van der Waals surface area contributed by atoms with E-state index in [0.29, 0.717) is 50.3 Å². The summed E-state index contributed by atoms with van der Waals surface area (Å²) in [7, 11) is 3.25. The highest BCUT2D eigenvalue weighted by molar-refractivity contribution is 5.73. The van der Waals surface area contributed by atoms with Crippen LogP contribution in [0.4, 0.5) is 0 Å². The lowest BCUT2D eigenvalue weighted by Gasteiger charge is -2.13. The Morgan fingerprint density at radius 3 is 1.43 bits per heavy atom. The number of esters is 2. The fraction of sp³-hybridized carbons (Fsp3) is 0.333. The minimum atomic E-state index is -0.331. The molecular formula is C30H32N4O6. The third kappa shape index (κ3) is 6.51. The van der Waals surface area contributed by atoms with Crippen LogP contribution in [-0.4, -0.2) is 45.7 Å². The molecule has 40 heavy (non-hydrogen) atoms. The molecular weight excluding hydrogens is 512 g/mol. The number of hydrogen-bond acceptors (Lipinski definition) is 8. The van der Waals surface area contributed by atoms with E-state index in [2.05, 4.69) is 10.2 Å². The summed E-state index contributed by atoms with van der Waals surface area (Å²) in [5, 5.41) is 8.95. The van der Waals surface area contributed by atoms with Crippen molar-refractivity contribution in [3.63, 3.8) is 0 Å². The van der Waals surface area contributed by atoms with E-state index in [1.807, 2.05) is 57.9 Å². The van der Waals surface area contributed by atoms with Crippen molar-refractivity contribution < 1.29 is 28.5 Å². The first kappa shape index (κ1) is 27.0. The van der Waals surface area contributed by atoms with E-state index in [1.165, 1.54) is 0 Å². The van der Waals surface area contributed by atoms with Gasteiger partial charge in [-0.15, -0.1) is 0 Å². The highest BCUT2D eigenvalue weighted by Crippen LogP contribution is 2.26. The molecule has 0 atom stereocenters. The van der Waals surface area contributed by atoms with Crippen molar-refractivity contribution in [1.29, 1.82) is 0 Å². The van der Waals surface area contributed by atoms with E-state index in [1.54, 1.807) is 26.6 Å². The Balaban J connectivity index is 1.31. The second kappa shape index (κ2) is 12.5. The first-order valence-corrected chi connectivity index (χ1v) is 13.3. The van der Waals surface area contributed by atoms with Gasteiger partial charge in [0.05, 0.1) is 51.1 Å². The molecule has 3 heterocycles. The summed E-state index contributed by atoms with van der Waals surface area (Å²) in [4.78, 5) is 25.6. The number of carbonyl (C=O) groups is 2. The van der Waals surface area contributed by atoms with Gasteiger partial charge in [0.2, 0.25) is 0 Å². The Hall–Kier alpha value is -4.60. The molecule has 2 aromatic heterocycles. The van der Waals surface area contributed by atoms with Crippen molar-refractivity contribution in [3.05, 3.63) is 83.4 Å². The lowest BCUT2D eigenvalue weighted by Crippen LogP contribution is -2.15. The van der Waals surface area contributed by atoms with Gasteiger partial charge >= 0.3 is 11.9 Å². The smallest absolute Gasteiger partial charge is 0.311 e. The number of carbonyl (C=O) groups excluding carboxylic acids is 2. The zero-order chi connectivity index (χ0) is 27.9. The van der Waals surface area contributed by atoms with Gasteiger partial charge < -0.3 is 18.9 Å². The first-order valence-electron chi connectivity index (χ1n) is 13.3. The molecule has 1 aliphatic rings. The zero-order valence-electron chi connectivity index (χ0n) is 22.7. The molecule has 0 aliphatic carbocycles. The predicted octanol–water partition coefficient (Wildman–Crippen LogP) is 4.36. The molecule has 2 aromatic carbocycles. The van der Waals surface area contributed by atoms with E-state index in [-0.39, 0.29) is 24.8 Å². The van der Waals surface area contributed by atoms with Crippen LogP contribution in [0.1, 0.15) is 48.2 Å². The highest BCUT2D eigenvalue weighted by atomic mass is 16.5. The van der Waals surface area contributed by atoms with Gasteiger partial charge in [0.15, 0.2) is 11.5 Å². The van der Waals surface area contributed by atoms with Gasteiger partial charge in [-0.2, -0.15) is 10.2 Å². The Kier molecular flexibility index (Phi) is 8.44. The van der Waals surface area contributed by atoms with Crippen molar-refractivity contribution in [3.8, 4) is 23.0 Å². The standard InChI is InChI=1S/C30H32N4O6/c1-37-23-13-9-21(10-14-23)19-33-25-5-3-7-30(36)40-28-18-32-34(20-22-11-15-24(38-2)16-12-22)26(28)6-4-8-29(35)39-27(25)17-31-33/h9-18H,3-8,19-20H2,1-2H3. The first-order chi connectivity index (χ1) is 19.5. The molecule has 0 unspecified atom stereocenters. The molecule has 0 saturated heterocycles. The maximum Gasteiger partial charge on any atom is 0.311 e. The van der Waals surface area contributed by atoms with Crippen LogP contribution in [0.5, 0.6) is 23.0 Å². The lowest BCUT2D eigenvalue weighted by molar-refractivity contribution is -0.135. The van der Waals surface area contributed by atoms with Gasteiger partial charge in [-0.25, -0.2) is 0 Å². The van der Waals surface area contributed by atoms with Gasteiger partial charge in [0, 0.05) is 12.8 Å². The molecule has 0 bridgehead atoms. The quantitative estimate of drug-likeness (QED) is 0.330. The topological polar surface area (TPSA) is 107 Å². The number of nitrogens with zero attached hydrogens (tertiary/aromatic N) is 4. The van der Waals surface area contributed by atoms with Crippen molar-refractivity contribution in [2.75, 3.05) is 14.2 Å². The number of rotatable bonds is 6. The molecule has 5 rings (SSSR count). The summed E-state index contributed by atoms with van der Waals surface area (Å²) in [6.07, 6.45) is 5.55. The number of aromatic nitrogens is 4. The Bertz CT molecular complexity index is 1340. The molecule has 10 nitrogen and oxygen atoms in total. The van der Waals surface area contributed by atoms with E-state index in [4.69, 9.17) is 18.9 Å². The third-order valence-corrected chi connectivity index (χ3v) is 6.84. The Morgan fingerprint density at radius 2 is 1.05 bits per heavy atom. The Morgan fingerprint density at radius 1 is 0.650 bits per heavy atom. The molecule has 0 fully saturated rings. The van der Waals surface area contributed by atoms with Crippen LogP contribution < -0.4 is 18.9 Å². The summed E-state index contributed by atoms with van der Waals surface area (Å²) >= 11 is 0. The molecule has 0 N–H and O–H groups in total. The molecule has 0 radical (unpaired) electrons. The van der Waals surface area contributed by atoms with Crippen LogP contribution in [0.2, 0.25) is 0 Å².